The van der Waals surface area contributed by atoms with Crippen LogP contribution in [-0.4, -0.2) is 19.7 Å². The lowest BCUT2D eigenvalue weighted by molar-refractivity contribution is -0.384. The summed E-state index contributed by atoms with van der Waals surface area (Å²) in [5.74, 6) is 0.0770. The van der Waals surface area contributed by atoms with Gasteiger partial charge < -0.3 is 4.57 Å². The van der Waals surface area contributed by atoms with Crippen molar-refractivity contribution in [1.82, 2.24) is 14.8 Å². The zero-order valence-electron chi connectivity index (χ0n) is 13.6. The number of nitro benzene ring substituents is 1. The fraction of sp³-hybridized carbons (Fsp3) is 0.176. The Morgan fingerprint density at radius 2 is 1.96 bits per heavy atom. The van der Waals surface area contributed by atoms with Gasteiger partial charge in [-0.05, 0) is 24.6 Å². The lowest BCUT2D eigenvalue weighted by atomic mass is 10.1. The largest absolute Gasteiger partial charge is 0.305 e. The molecular weight excluding hydrogens is 343 g/mol. The van der Waals surface area contributed by atoms with Crippen LogP contribution in [0.5, 0.6) is 0 Å². The van der Waals surface area contributed by atoms with Gasteiger partial charge in [0.25, 0.3) is 5.69 Å². The van der Waals surface area contributed by atoms with Crippen LogP contribution in [0.15, 0.2) is 53.7 Å². The number of halogens is 1. The molecular formula is C17H15FN4O2S. The minimum atomic E-state index is -0.417. The molecule has 0 radical (unpaired) electrons. The van der Waals surface area contributed by atoms with Gasteiger partial charge in [0.05, 0.1) is 10.5 Å². The maximum Gasteiger partial charge on any atom is 0.269 e. The van der Waals surface area contributed by atoms with E-state index in [4.69, 9.17) is 0 Å². The minimum absolute atomic E-state index is 0.0509. The van der Waals surface area contributed by atoms with Crippen molar-refractivity contribution in [3.05, 3.63) is 70.0 Å². The third-order valence-electron chi connectivity index (χ3n) is 3.78. The molecule has 3 aromatic rings. The SMILES string of the molecule is C[C@H](Sc1nnc(-c2ccccc2F)n1C)c1cccc([N+](=O)[O-])c1. The highest BCUT2D eigenvalue weighted by Gasteiger charge is 2.18. The van der Waals surface area contributed by atoms with Crippen molar-refractivity contribution < 1.29 is 9.31 Å². The normalized spacial score (nSPS) is 12.1. The molecule has 2 aromatic carbocycles. The first-order valence-corrected chi connectivity index (χ1v) is 8.40. The lowest BCUT2D eigenvalue weighted by Crippen LogP contribution is -1.98. The van der Waals surface area contributed by atoms with Crippen LogP contribution in [0.3, 0.4) is 0 Å². The summed E-state index contributed by atoms with van der Waals surface area (Å²) < 4.78 is 15.7. The minimum Gasteiger partial charge on any atom is -0.305 e. The zero-order chi connectivity index (χ0) is 18.0. The third kappa shape index (κ3) is 3.53. The summed E-state index contributed by atoms with van der Waals surface area (Å²) in [5.41, 5.74) is 1.25. The molecule has 8 heteroatoms. The second kappa shape index (κ2) is 7.02. The molecule has 0 saturated carbocycles. The highest BCUT2D eigenvalue weighted by molar-refractivity contribution is 7.99. The van der Waals surface area contributed by atoms with E-state index in [1.54, 1.807) is 41.9 Å². The van der Waals surface area contributed by atoms with E-state index in [1.165, 1.54) is 23.9 Å². The predicted octanol–water partition coefficient (Wildman–Crippen LogP) is 4.38. The van der Waals surface area contributed by atoms with Gasteiger partial charge in [0.1, 0.15) is 5.82 Å². The molecule has 0 aliphatic heterocycles. The number of hydrogen-bond donors (Lipinski definition) is 0. The van der Waals surface area contributed by atoms with Crippen LogP contribution >= 0.6 is 11.8 Å². The van der Waals surface area contributed by atoms with Gasteiger partial charge in [-0.3, -0.25) is 10.1 Å². The Morgan fingerprint density at radius 3 is 2.68 bits per heavy atom. The van der Waals surface area contributed by atoms with Crippen molar-refractivity contribution >= 4 is 17.4 Å². The summed E-state index contributed by atoms with van der Waals surface area (Å²) >= 11 is 1.41. The first kappa shape index (κ1) is 17.1. The molecule has 0 saturated heterocycles. The van der Waals surface area contributed by atoms with E-state index in [0.717, 1.165) is 5.56 Å². The molecule has 3 rings (SSSR count). The molecule has 0 aliphatic rings. The van der Waals surface area contributed by atoms with Crippen LogP contribution in [0, 0.1) is 15.9 Å². The third-order valence-corrected chi connectivity index (χ3v) is 4.97. The highest BCUT2D eigenvalue weighted by atomic mass is 32.2. The molecule has 0 aliphatic carbocycles. The van der Waals surface area contributed by atoms with Gasteiger partial charge in [-0.25, -0.2) is 4.39 Å². The van der Waals surface area contributed by atoms with Crippen molar-refractivity contribution in [2.75, 3.05) is 0 Å². The number of nitro groups is 1. The number of hydrogen-bond acceptors (Lipinski definition) is 5. The second-order valence-corrected chi connectivity index (χ2v) is 6.77. The molecule has 0 bridgehead atoms. The topological polar surface area (TPSA) is 73.8 Å². The van der Waals surface area contributed by atoms with Crippen molar-refractivity contribution in [2.45, 2.75) is 17.3 Å². The van der Waals surface area contributed by atoms with Gasteiger partial charge in [0, 0.05) is 24.4 Å². The lowest BCUT2D eigenvalue weighted by Gasteiger charge is -2.11. The van der Waals surface area contributed by atoms with E-state index in [0.29, 0.717) is 16.5 Å². The van der Waals surface area contributed by atoms with Gasteiger partial charge in [0.2, 0.25) is 0 Å². The van der Waals surface area contributed by atoms with Gasteiger partial charge in [-0.15, -0.1) is 10.2 Å². The Labute approximate surface area is 147 Å². The fourth-order valence-corrected chi connectivity index (χ4v) is 3.34. The summed E-state index contributed by atoms with van der Waals surface area (Å²) in [7, 11) is 1.77. The predicted molar refractivity (Wildman–Crippen MR) is 93.8 cm³/mol. The van der Waals surface area contributed by atoms with Crippen molar-refractivity contribution in [3.63, 3.8) is 0 Å². The van der Waals surface area contributed by atoms with Crippen molar-refractivity contribution in [2.24, 2.45) is 7.05 Å². The smallest absolute Gasteiger partial charge is 0.269 e. The summed E-state index contributed by atoms with van der Waals surface area (Å²) in [5, 5.41) is 19.7. The van der Waals surface area contributed by atoms with E-state index in [9.17, 15) is 14.5 Å². The molecule has 128 valence electrons. The molecule has 6 nitrogen and oxygen atoms in total. The Balaban J connectivity index is 1.86. The summed E-state index contributed by atoms with van der Waals surface area (Å²) in [4.78, 5) is 10.5. The summed E-state index contributed by atoms with van der Waals surface area (Å²) in [6.07, 6.45) is 0. The van der Waals surface area contributed by atoms with Crippen LogP contribution in [0.25, 0.3) is 11.4 Å². The average Bonchev–Trinajstić information content (AvgIpc) is 2.96. The Morgan fingerprint density at radius 1 is 1.20 bits per heavy atom. The van der Waals surface area contributed by atoms with Gasteiger partial charge >= 0.3 is 0 Å². The Hall–Kier alpha value is -2.74. The average molecular weight is 358 g/mol. The van der Waals surface area contributed by atoms with Crippen LogP contribution in [0.1, 0.15) is 17.7 Å². The fourth-order valence-electron chi connectivity index (χ4n) is 2.41. The monoisotopic (exact) mass is 358 g/mol. The summed E-state index contributed by atoms with van der Waals surface area (Å²) in [6.45, 7) is 1.93. The second-order valence-electron chi connectivity index (χ2n) is 5.46. The Bertz CT molecular complexity index is 929. The van der Waals surface area contributed by atoms with Gasteiger partial charge in [-0.2, -0.15) is 0 Å². The quantitative estimate of drug-likeness (QED) is 0.384. The zero-order valence-corrected chi connectivity index (χ0v) is 14.4. The number of non-ortho nitro benzene ring substituents is 1. The molecule has 0 fully saturated rings. The number of aromatic nitrogens is 3. The Kier molecular flexibility index (Phi) is 4.80. The molecule has 0 N–H and O–H groups in total. The molecule has 0 unspecified atom stereocenters. The van der Waals surface area contributed by atoms with Crippen molar-refractivity contribution in [3.8, 4) is 11.4 Å². The maximum atomic E-state index is 14.0. The first-order chi connectivity index (χ1) is 12.0. The van der Waals surface area contributed by atoms with Crippen LogP contribution in [-0.2, 0) is 7.05 Å². The van der Waals surface area contributed by atoms with Crippen LogP contribution in [0.4, 0.5) is 10.1 Å². The first-order valence-electron chi connectivity index (χ1n) is 7.52. The summed E-state index contributed by atoms with van der Waals surface area (Å²) in [6, 6.07) is 12.9. The molecule has 1 atom stereocenters. The number of benzene rings is 2. The number of rotatable bonds is 5. The maximum absolute atomic E-state index is 14.0. The van der Waals surface area contributed by atoms with Crippen LogP contribution < -0.4 is 0 Å². The molecule has 25 heavy (non-hydrogen) atoms. The van der Waals surface area contributed by atoms with Crippen LogP contribution in [0.2, 0.25) is 0 Å². The molecule has 0 spiro atoms. The van der Waals surface area contributed by atoms with E-state index in [1.807, 2.05) is 13.0 Å². The highest BCUT2D eigenvalue weighted by Crippen LogP contribution is 2.36. The molecule has 1 aromatic heterocycles. The molecule has 0 amide bonds. The standard InChI is InChI=1S/C17H15FN4O2S/c1-11(12-6-5-7-13(10-12)22(23)24)25-17-20-19-16(21(17)2)14-8-3-4-9-15(14)18/h3-11H,1-2H3/t11-/m0/s1. The van der Waals surface area contributed by atoms with E-state index in [-0.39, 0.29) is 16.8 Å². The van der Waals surface area contributed by atoms with E-state index < -0.39 is 4.92 Å². The molecule has 1 heterocycles. The van der Waals surface area contributed by atoms with Gasteiger partial charge in [0.15, 0.2) is 11.0 Å². The van der Waals surface area contributed by atoms with E-state index >= 15 is 0 Å². The number of thioether (sulfide) groups is 1. The van der Waals surface area contributed by atoms with Gasteiger partial charge in [-0.1, -0.05) is 36.0 Å². The van der Waals surface area contributed by atoms with Crippen molar-refractivity contribution in [1.29, 1.82) is 0 Å². The van der Waals surface area contributed by atoms with E-state index in [2.05, 4.69) is 10.2 Å². The number of nitrogens with zero attached hydrogens (tertiary/aromatic N) is 4.